The summed E-state index contributed by atoms with van der Waals surface area (Å²) in [5.74, 6) is -0.898. The number of thioether (sulfide) groups is 1. The number of rotatable bonds is 9. The number of likely N-dealkylation sites (tertiary alicyclic amines) is 1. The van der Waals surface area contributed by atoms with Crippen LogP contribution < -0.4 is 5.32 Å². The molecule has 6 unspecified atom stereocenters. The summed E-state index contributed by atoms with van der Waals surface area (Å²) in [6.07, 6.45) is 1.27. The van der Waals surface area contributed by atoms with Gasteiger partial charge in [0.15, 0.2) is 0 Å². The zero-order chi connectivity index (χ0) is 22.4. The van der Waals surface area contributed by atoms with Crippen LogP contribution in [-0.4, -0.2) is 93.2 Å². The van der Waals surface area contributed by atoms with Crippen LogP contribution in [0, 0.1) is 11.8 Å². The molecule has 2 saturated heterocycles. The zero-order valence-electron chi connectivity index (χ0n) is 17.9. The molecule has 2 heterocycles. The number of nitrogens with one attached hydrogen (secondary N) is 1. The summed E-state index contributed by atoms with van der Waals surface area (Å²) in [6, 6.07) is -0.509. The van der Waals surface area contributed by atoms with Gasteiger partial charge in [0.2, 0.25) is 5.91 Å². The van der Waals surface area contributed by atoms with E-state index in [0.717, 1.165) is 19.4 Å². The summed E-state index contributed by atoms with van der Waals surface area (Å²) in [4.78, 5) is 26.1. The number of carboxylic acid groups (broad SMARTS) is 1. The highest BCUT2D eigenvalue weighted by atomic mass is 35.5. The molecule has 0 aromatic heterocycles. The molecule has 8 nitrogen and oxygen atoms in total. The van der Waals surface area contributed by atoms with Crippen LogP contribution in [0.25, 0.3) is 0 Å². The van der Waals surface area contributed by atoms with Gasteiger partial charge in [0.25, 0.3) is 0 Å². The van der Waals surface area contributed by atoms with Gasteiger partial charge in [-0.05, 0) is 25.5 Å². The first-order valence-electron chi connectivity index (χ1n) is 10.6. The van der Waals surface area contributed by atoms with Crippen LogP contribution in [0.15, 0.2) is 0 Å². The second kappa shape index (κ2) is 11.9. The van der Waals surface area contributed by atoms with Gasteiger partial charge in [-0.2, -0.15) is 0 Å². The molecule has 0 saturated carbocycles. The fraction of sp³-hybridized carbons (Fsp3) is 0.900. The lowest BCUT2D eigenvalue weighted by atomic mass is 9.86. The van der Waals surface area contributed by atoms with Crippen molar-refractivity contribution in [3.05, 3.63) is 0 Å². The highest BCUT2D eigenvalue weighted by Gasteiger charge is 2.42. The molecule has 10 heteroatoms. The third-order valence-corrected chi connectivity index (χ3v) is 7.22. The summed E-state index contributed by atoms with van der Waals surface area (Å²) in [5, 5.41) is 31.9. The van der Waals surface area contributed by atoms with Crippen LogP contribution >= 0.6 is 23.4 Å². The lowest BCUT2D eigenvalue weighted by Crippen LogP contribution is -2.58. The lowest BCUT2D eigenvalue weighted by molar-refractivity contribution is -0.149. The summed E-state index contributed by atoms with van der Waals surface area (Å²) < 4.78 is 5.94. The first-order valence-corrected chi connectivity index (χ1v) is 12.3. The van der Waals surface area contributed by atoms with Gasteiger partial charge in [-0.15, -0.1) is 23.4 Å². The third kappa shape index (κ3) is 6.97. The van der Waals surface area contributed by atoms with Crippen molar-refractivity contribution in [3.63, 3.8) is 0 Å². The number of aliphatic hydroxyl groups excluding tert-OH is 2. The molecule has 2 rings (SSSR count). The predicted octanol–water partition coefficient (Wildman–Crippen LogP) is 1.12. The van der Waals surface area contributed by atoms with Gasteiger partial charge < -0.3 is 30.3 Å². The van der Waals surface area contributed by atoms with Crippen molar-refractivity contribution < 1.29 is 29.6 Å². The van der Waals surface area contributed by atoms with Gasteiger partial charge in [-0.3, -0.25) is 9.59 Å². The second-order valence-corrected chi connectivity index (χ2v) is 10.0. The number of hydrogen-bond acceptors (Lipinski definition) is 7. The van der Waals surface area contributed by atoms with Gasteiger partial charge in [0, 0.05) is 26.1 Å². The SMILES string of the molecule is CCC1CC(C(=O)NC(C(C)Cl)C2CC(O)[C@H](O)[C@@H](SC)O2)CN(CCC(=O)O)C1. The number of aliphatic hydroxyl groups is 2. The maximum Gasteiger partial charge on any atom is 0.304 e. The monoisotopic (exact) mass is 466 g/mol. The van der Waals surface area contributed by atoms with Crippen LogP contribution in [0.4, 0.5) is 0 Å². The summed E-state index contributed by atoms with van der Waals surface area (Å²) in [6.45, 7) is 5.59. The molecule has 2 aliphatic rings. The number of piperidine rings is 1. The van der Waals surface area contributed by atoms with Crippen molar-refractivity contribution in [1.82, 2.24) is 10.2 Å². The largest absolute Gasteiger partial charge is 0.481 e. The Hall–Kier alpha value is -0.580. The maximum atomic E-state index is 13.1. The van der Waals surface area contributed by atoms with Gasteiger partial charge in [-0.25, -0.2) is 0 Å². The molecule has 4 N–H and O–H groups in total. The maximum absolute atomic E-state index is 13.1. The molecule has 0 aromatic rings. The number of carbonyl (C=O) groups excluding carboxylic acids is 1. The highest BCUT2D eigenvalue weighted by Crippen LogP contribution is 2.30. The number of aliphatic carboxylic acids is 1. The lowest BCUT2D eigenvalue weighted by Gasteiger charge is -2.42. The van der Waals surface area contributed by atoms with E-state index in [-0.39, 0.29) is 24.7 Å². The first-order chi connectivity index (χ1) is 14.2. The molecule has 0 aromatic carbocycles. The van der Waals surface area contributed by atoms with Crippen LogP contribution in [0.2, 0.25) is 0 Å². The number of carbonyl (C=O) groups is 2. The third-order valence-electron chi connectivity index (χ3n) is 6.10. The minimum absolute atomic E-state index is 0.0539. The number of hydrogen-bond donors (Lipinski definition) is 4. The van der Waals surface area contributed by atoms with E-state index in [2.05, 4.69) is 17.1 Å². The molecule has 0 aliphatic carbocycles. The van der Waals surface area contributed by atoms with E-state index < -0.39 is 41.1 Å². The fourth-order valence-electron chi connectivity index (χ4n) is 4.30. The Morgan fingerprint density at radius 1 is 1.30 bits per heavy atom. The standard InChI is InChI=1S/C20H35ClN2O6S/c1-4-12-7-13(10-23(9-12)6-5-16(25)26)19(28)22-17(11(2)21)15-8-14(24)18(27)20(29-15)30-3/h11-15,17-18,20,24,27H,4-10H2,1-3H3,(H,22,28)(H,25,26)/t11?,12?,13?,14?,15?,17?,18-,20+/m0/s1. The Balaban J connectivity index is 2.05. The normalized spacial score (nSPS) is 34.9. The summed E-state index contributed by atoms with van der Waals surface area (Å²) >= 11 is 7.69. The van der Waals surface area contributed by atoms with Crippen LogP contribution in [0.3, 0.4) is 0 Å². The Kier molecular flexibility index (Phi) is 10.2. The van der Waals surface area contributed by atoms with Gasteiger partial charge in [0.1, 0.15) is 11.5 Å². The quantitative estimate of drug-likeness (QED) is 0.373. The molecule has 30 heavy (non-hydrogen) atoms. The van der Waals surface area contributed by atoms with E-state index in [0.29, 0.717) is 19.0 Å². The van der Waals surface area contributed by atoms with Gasteiger partial charge in [-0.1, -0.05) is 13.3 Å². The Labute approximate surface area is 187 Å². The average molecular weight is 467 g/mol. The summed E-state index contributed by atoms with van der Waals surface area (Å²) in [5.41, 5.74) is -0.584. The Morgan fingerprint density at radius 2 is 2.00 bits per heavy atom. The van der Waals surface area contributed by atoms with Gasteiger partial charge in [0.05, 0.1) is 36.0 Å². The highest BCUT2D eigenvalue weighted by molar-refractivity contribution is 7.99. The fourth-order valence-corrected chi connectivity index (χ4v) is 5.24. The van der Waals surface area contributed by atoms with E-state index in [1.54, 1.807) is 13.2 Å². The Bertz CT molecular complexity index is 583. The second-order valence-electron chi connectivity index (χ2n) is 8.39. The minimum Gasteiger partial charge on any atom is -0.481 e. The van der Waals surface area contributed by atoms with Crippen molar-refractivity contribution >= 4 is 35.2 Å². The molecule has 2 fully saturated rings. The number of alkyl halides is 1. The topological polar surface area (TPSA) is 119 Å². The van der Waals surface area contributed by atoms with E-state index in [9.17, 15) is 19.8 Å². The molecule has 0 bridgehead atoms. The van der Waals surface area contributed by atoms with Crippen molar-refractivity contribution in [1.29, 1.82) is 0 Å². The Morgan fingerprint density at radius 3 is 2.57 bits per heavy atom. The number of nitrogens with zero attached hydrogens (tertiary/aromatic N) is 1. The molecule has 174 valence electrons. The average Bonchev–Trinajstić information content (AvgIpc) is 2.71. The predicted molar refractivity (Wildman–Crippen MR) is 117 cm³/mol. The van der Waals surface area contributed by atoms with Crippen molar-refractivity contribution in [2.45, 2.75) is 74.7 Å². The molecule has 8 atom stereocenters. The van der Waals surface area contributed by atoms with E-state index in [1.165, 1.54) is 11.8 Å². The van der Waals surface area contributed by atoms with Gasteiger partial charge >= 0.3 is 5.97 Å². The molecular weight excluding hydrogens is 432 g/mol. The van der Waals surface area contributed by atoms with Crippen LogP contribution in [0.1, 0.15) is 39.5 Å². The molecular formula is C20H35ClN2O6S. The minimum atomic E-state index is -0.982. The number of amides is 1. The van der Waals surface area contributed by atoms with Crippen LogP contribution in [0.5, 0.6) is 0 Å². The first kappa shape index (κ1) is 25.7. The molecule has 0 spiro atoms. The molecule has 2 aliphatic heterocycles. The number of carboxylic acids is 1. The van der Waals surface area contributed by atoms with E-state index in [4.69, 9.17) is 21.4 Å². The van der Waals surface area contributed by atoms with Crippen LogP contribution in [-0.2, 0) is 14.3 Å². The van der Waals surface area contributed by atoms with Crippen molar-refractivity contribution in [2.75, 3.05) is 25.9 Å². The molecule has 0 radical (unpaired) electrons. The smallest absolute Gasteiger partial charge is 0.304 e. The van der Waals surface area contributed by atoms with Crippen molar-refractivity contribution in [2.24, 2.45) is 11.8 Å². The zero-order valence-corrected chi connectivity index (χ0v) is 19.4. The summed E-state index contributed by atoms with van der Waals surface area (Å²) in [7, 11) is 0. The number of halogens is 1. The van der Waals surface area contributed by atoms with Crippen molar-refractivity contribution in [3.8, 4) is 0 Å². The molecule has 1 amide bonds. The number of ether oxygens (including phenoxy) is 1. The van der Waals surface area contributed by atoms with E-state index in [1.807, 2.05) is 0 Å². The van der Waals surface area contributed by atoms with E-state index >= 15 is 0 Å².